The van der Waals surface area contributed by atoms with E-state index in [9.17, 15) is 10.0 Å². The quantitative estimate of drug-likeness (QED) is 0.380. The van der Waals surface area contributed by atoms with Crippen molar-refractivity contribution in [2.45, 2.75) is 13.8 Å². The Balaban J connectivity index is 2.71. The number of hydrogen-bond acceptors (Lipinski definition) is 2. The summed E-state index contributed by atoms with van der Waals surface area (Å²) >= 11 is 0. The van der Waals surface area contributed by atoms with Crippen LogP contribution in [0.25, 0.3) is 5.69 Å². The molecule has 1 heterocycles. The van der Waals surface area contributed by atoms with Crippen molar-refractivity contribution in [1.29, 1.82) is 0 Å². The molecule has 0 unspecified atom stereocenters. The zero-order valence-corrected chi connectivity index (χ0v) is 10.4. The van der Waals surface area contributed by atoms with Crippen LogP contribution >= 0.6 is 0 Å². The van der Waals surface area contributed by atoms with Crippen molar-refractivity contribution in [2.75, 3.05) is 0 Å². The minimum Gasteiger partial charge on any atom is -0.285 e. The average Bonchev–Trinajstić information content (AvgIpc) is 2.30. The molecule has 0 aliphatic rings. The fourth-order valence-electron chi connectivity index (χ4n) is 2.07. The van der Waals surface area contributed by atoms with Crippen LogP contribution in [0.5, 0.6) is 0 Å². The molecule has 92 valence electrons. The number of aromatic nitrogens is 1. The number of benzene rings is 1. The Labute approximate surface area is 105 Å². The lowest BCUT2D eigenvalue weighted by Gasteiger charge is -2.12. The maximum absolute atomic E-state index is 11.8. The van der Waals surface area contributed by atoms with E-state index in [1.807, 2.05) is 19.9 Å². The SMILES string of the molecule is C=[N+](O)c1cc(C)c(-n2ccccc2=O)c(C)c1. The van der Waals surface area contributed by atoms with Gasteiger partial charge < -0.3 is 0 Å². The Kier molecular flexibility index (Phi) is 3.02. The summed E-state index contributed by atoms with van der Waals surface area (Å²) in [6.45, 7) is 7.23. The highest BCUT2D eigenvalue weighted by molar-refractivity contribution is 5.54. The molecule has 0 radical (unpaired) electrons. The lowest BCUT2D eigenvalue weighted by Crippen LogP contribution is -2.17. The van der Waals surface area contributed by atoms with Gasteiger partial charge in [0.05, 0.1) is 5.69 Å². The van der Waals surface area contributed by atoms with Crippen LogP contribution in [0.3, 0.4) is 0 Å². The summed E-state index contributed by atoms with van der Waals surface area (Å²) in [5, 5.41) is 9.34. The zero-order valence-electron chi connectivity index (χ0n) is 10.4. The molecular formula is C14H15N2O2+. The van der Waals surface area contributed by atoms with Crippen LogP contribution in [0.1, 0.15) is 11.1 Å². The topological polar surface area (TPSA) is 45.2 Å². The van der Waals surface area contributed by atoms with Gasteiger partial charge in [0, 0.05) is 29.1 Å². The van der Waals surface area contributed by atoms with Crippen molar-refractivity contribution in [2.24, 2.45) is 0 Å². The molecule has 0 saturated heterocycles. The number of nitrogens with zero attached hydrogens (tertiary/aromatic N) is 2. The highest BCUT2D eigenvalue weighted by Crippen LogP contribution is 2.23. The zero-order chi connectivity index (χ0) is 13.3. The second kappa shape index (κ2) is 4.49. The normalized spacial score (nSPS) is 10.3. The summed E-state index contributed by atoms with van der Waals surface area (Å²) in [6, 6.07) is 8.62. The summed E-state index contributed by atoms with van der Waals surface area (Å²) < 4.78 is 2.41. The van der Waals surface area contributed by atoms with Gasteiger partial charge in [-0.3, -0.25) is 14.6 Å². The van der Waals surface area contributed by atoms with Gasteiger partial charge in [-0.25, -0.2) is 0 Å². The minimum absolute atomic E-state index is 0.0769. The first-order valence-corrected chi connectivity index (χ1v) is 5.59. The molecule has 4 heteroatoms. The van der Waals surface area contributed by atoms with Crippen molar-refractivity contribution in [1.82, 2.24) is 4.57 Å². The number of pyridine rings is 1. The van der Waals surface area contributed by atoms with Gasteiger partial charge in [0.25, 0.3) is 11.2 Å². The molecule has 0 amide bonds. The summed E-state index contributed by atoms with van der Waals surface area (Å²) in [6.07, 6.45) is 1.73. The first kappa shape index (κ1) is 12.1. The Morgan fingerprint density at radius 2 is 1.83 bits per heavy atom. The van der Waals surface area contributed by atoms with Crippen LogP contribution in [-0.4, -0.2) is 21.2 Å². The Morgan fingerprint density at radius 1 is 1.22 bits per heavy atom. The molecule has 4 nitrogen and oxygen atoms in total. The third-order valence-corrected chi connectivity index (χ3v) is 2.84. The monoisotopic (exact) mass is 243 g/mol. The standard InChI is InChI=1S/C14H15N2O2/c1-10-8-12(15(3)18)9-11(2)14(10)16-7-5-4-6-13(16)17/h4-9,18H,3H2,1-2H3/q+1. The Hall–Kier alpha value is -2.36. The maximum atomic E-state index is 11.8. The second-order valence-corrected chi connectivity index (χ2v) is 4.24. The molecule has 0 aliphatic heterocycles. The largest absolute Gasteiger partial charge is 0.285 e. The van der Waals surface area contributed by atoms with E-state index in [2.05, 4.69) is 6.72 Å². The minimum atomic E-state index is -0.0769. The van der Waals surface area contributed by atoms with Crippen LogP contribution in [0.2, 0.25) is 0 Å². The number of aryl methyl sites for hydroxylation is 2. The molecule has 0 atom stereocenters. The predicted octanol–water partition coefficient (Wildman–Crippen LogP) is 2.19. The van der Waals surface area contributed by atoms with Gasteiger partial charge in [0.1, 0.15) is 0 Å². The molecule has 2 aromatic rings. The number of hydrogen-bond donors (Lipinski definition) is 1. The third-order valence-electron chi connectivity index (χ3n) is 2.84. The maximum Gasteiger partial charge on any atom is 0.257 e. The van der Waals surface area contributed by atoms with E-state index >= 15 is 0 Å². The summed E-state index contributed by atoms with van der Waals surface area (Å²) in [5.41, 5.74) is 3.16. The van der Waals surface area contributed by atoms with Crippen molar-refractivity contribution < 1.29 is 9.95 Å². The summed E-state index contributed by atoms with van der Waals surface area (Å²) in [4.78, 5) is 11.8. The van der Waals surface area contributed by atoms with Crippen LogP contribution in [0.4, 0.5) is 5.69 Å². The molecule has 0 fully saturated rings. The van der Waals surface area contributed by atoms with Gasteiger partial charge >= 0.3 is 0 Å². The van der Waals surface area contributed by atoms with E-state index in [1.54, 1.807) is 29.0 Å². The molecule has 0 saturated carbocycles. The lowest BCUT2D eigenvalue weighted by molar-refractivity contribution is -0.706. The summed E-state index contributed by atoms with van der Waals surface area (Å²) in [5.74, 6) is 0. The molecule has 0 spiro atoms. The van der Waals surface area contributed by atoms with Gasteiger partial charge in [-0.2, -0.15) is 0 Å². The van der Waals surface area contributed by atoms with Gasteiger partial charge in [-0.05, 0) is 31.0 Å². The third kappa shape index (κ3) is 2.05. The molecule has 18 heavy (non-hydrogen) atoms. The molecule has 0 aliphatic carbocycles. The van der Waals surface area contributed by atoms with Gasteiger partial charge in [-0.1, -0.05) is 6.07 Å². The lowest BCUT2D eigenvalue weighted by atomic mass is 10.1. The molecular weight excluding hydrogens is 228 g/mol. The molecule has 1 aromatic heterocycles. The van der Waals surface area contributed by atoms with Gasteiger partial charge in [-0.15, -0.1) is 0 Å². The molecule has 1 N–H and O–H groups in total. The van der Waals surface area contributed by atoms with E-state index in [-0.39, 0.29) is 5.56 Å². The van der Waals surface area contributed by atoms with E-state index in [4.69, 9.17) is 0 Å². The molecule has 0 bridgehead atoms. The second-order valence-electron chi connectivity index (χ2n) is 4.24. The fraction of sp³-hybridized carbons (Fsp3) is 0.143. The van der Waals surface area contributed by atoms with Gasteiger partial charge in [0.2, 0.25) is 0 Å². The Morgan fingerprint density at radius 3 is 2.33 bits per heavy atom. The Bertz CT molecular complexity index is 648. The highest BCUT2D eigenvalue weighted by Gasteiger charge is 2.13. The number of rotatable bonds is 2. The van der Waals surface area contributed by atoms with Crippen molar-refractivity contribution in [3.8, 4) is 5.69 Å². The van der Waals surface area contributed by atoms with Crippen LogP contribution < -0.4 is 5.56 Å². The van der Waals surface area contributed by atoms with Crippen molar-refractivity contribution in [3.05, 3.63) is 58.0 Å². The van der Waals surface area contributed by atoms with Crippen LogP contribution in [-0.2, 0) is 0 Å². The van der Waals surface area contributed by atoms with E-state index < -0.39 is 0 Å². The average molecular weight is 243 g/mol. The van der Waals surface area contributed by atoms with E-state index in [0.29, 0.717) is 5.69 Å². The van der Waals surface area contributed by atoms with Crippen molar-refractivity contribution in [3.63, 3.8) is 0 Å². The molecule has 2 rings (SSSR count). The molecule has 1 aromatic carbocycles. The van der Waals surface area contributed by atoms with E-state index in [0.717, 1.165) is 21.6 Å². The van der Waals surface area contributed by atoms with Gasteiger partial charge in [0.15, 0.2) is 6.72 Å². The van der Waals surface area contributed by atoms with E-state index in [1.165, 1.54) is 6.07 Å². The first-order valence-electron chi connectivity index (χ1n) is 5.59. The summed E-state index contributed by atoms with van der Waals surface area (Å²) in [7, 11) is 0. The van der Waals surface area contributed by atoms with Crippen LogP contribution in [0, 0.1) is 13.8 Å². The van der Waals surface area contributed by atoms with Crippen LogP contribution in [0.15, 0.2) is 41.3 Å². The smallest absolute Gasteiger partial charge is 0.257 e. The predicted molar refractivity (Wildman–Crippen MR) is 70.3 cm³/mol. The highest BCUT2D eigenvalue weighted by atomic mass is 16.5. The fourth-order valence-corrected chi connectivity index (χ4v) is 2.07. The van der Waals surface area contributed by atoms with Crippen molar-refractivity contribution >= 4 is 12.4 Å². The first-order chi connectivity index (χ1) is 8.50.